The second kappa shape index (κ2) is 5.97. The van der Waals surface area contributed by atoms with Crippen LogP contribution in [0.4, 0.5) is 5.13 Å². The van der Waals surface area contributed by atoms with E-state index in [2.05, 4.69) is 17.2 Å². The summed E-state index contributed by atoms with van der Waals surface area (Å²) in [6, 6.07) is 8.99. The van der Waals surface area contributed by atoms with Gasteiger partial charge in [-0.05, 0) is 36.8 Å². The molecule has 1 N–H and O–H groups in total. The number of aromatic nitrogens is 1. The van der Waals surface area contributed by atoms with Crippen molar-refractivity contribution in [3.63, 3.8) is 0 Å². The third-order valence-corrected chi connectivity index (χ3v) is 3.73. The smallest absolute Gasteiger partial charge is 0.293 e. The van der Waals surface area contributed by atoms with Gasteiger partial charge in [-0.25, -0.2) is 4.98 Å². The Morgan fingerprint density at radius 3 is 3.10 bits per heavy atom. The summed E-state index contributed by atoms with van der Waals surface area (Å²) < 4.78 is 11.6. The lowest BCUT2D eigenvalue weighted by molar-refractivity contribution is 0.0996. The fourth-order valence-corrected chi connectivity index (χ4v) is 2.72. The van der Waals surface area contributed by atoms with Gasteiger partial charge in [0.05, 0.1) is 23.1 Å². The van der Waals surface area contributed by atoms with Crippen molar-refractivity contribution in [2.45, 2.75) is 13.3 Å². The van der Waals surface area contributed by atoms with E-state index in [1.165, 1.54) is 17.6 Å². The van der Waals surface area contributed by atoms with Crippen LogP contribution in [0, 0.1) is 0 Å². The van der Waals surface area contributed by atoms with Gasteiger partial charge >= 0.3 is 0 Å². The van der Waals surface area contributed by atoms with Crippen molar-refractivity contribution >= 4 is 32.6 Å². The predicted octanol–water partition coefficient (Wildman–Crippen LogP) is 3.93. The number of rotatable bonds is 5. The first-order valence-corrected chi connectivity index (χ1v) is 7.46. The monoisotopic (exact) mass is 302 g/mol. The predicted molar refractivity (Wildman–Crippen MR) is 82.1 cm³/mol. The van der Waals surface area contributed by atoms with Gasteiger partial charge in [0.25, 0.3) is 5.91 Å². The Bertz CT molecular complexity index is 749. The molecule has 3 rings (SSSR count). The second-order valence-corrected chi connectivity index (χ2v) is 5.46. The summed E-state index contributed by atoms with van der Waals surface area (Å²) in [6.45, 7) is 2.75. The molecule has 0 radical (unpaired) electrons. The van der Waals surface area contributed by atoms with Crippen molar-refractivity contribution in [1.82, 2.24) is 4.98 Å². The summed E-state index contributed by atoms with van der Waals surface area (Å²) in [5.41, 5.74) is 0.832. The minimum Gasteiger partial charge on any atom is -0.494 e. The molecule has 0 aliphatic heterocycles. The fraction of sp³-hybridized carbons (Fsp3) is 0.200. The van der Waals surface area contributed by atoms with Gasteiger partial charge in [-0.3, -0.25) is 10.1 Å². The molecule has 5 nitrogen and oxygen atoms in total. The lowest BCUT2D eigenvalue weighted by atomic mass is 10.3. The first-order chi connectivity index (χ1) is 10.3. The lowest BCUT2D eigenvalue weighted by Gasteiger charge is -2.02. The minimum absolute atomic E-state index is 0.265. The van der Waals surface area contributed by atoms with Crippen molar-refractivity contribution in [1.29, 1.82) is 0 Å². The van der Waals surface area contributed by atoms with Gasteiger partial charge < -0.3 is 9.15 Å². The van der Waals surface area contributed by atoms with Crippen molar-refractivity contribution < 1.29 is 13.9 Å². The molecule has 0 saturated carbocycles. The number of hydrogen-bond donors (Lipinski definition) is 1. The second-order valence-electron chi connectivity index (χ2n) is 4.43. The molecule has 0 atom stereocenters. The lowest BCUT2D eigenvalue weighted by Crippen LogP contribution is -2.10. The normalized spacial score (nSPS) is 10.7. The Balaban J connectivity index is 1.79. The summed E-state index contributed by atoms with van der Waals surface area (Å²) in [6.07, 6.45) is 2.43. The molecule has 0 aliphatic rings. The maximum atomic E-state index is 11.9. The van der Waals surface area contributed by atoms with Crippen molar-refractivity contribution in [2.75, 3.05) is 11.9 Å². The fourth-order valence-electron chi connectivity index (χ4n) is 1.83. The Hall–Kier alpha value is -2.34. The molecule has 0 spiro atoms. The van der Waals surface area contributed by atoms with Gasteiger partial charge in [0.15, 0.2) is 10.9 Å². The summed E-state index contributed by atoms with van der Waals surface area (Å²) >= 11 is 1.41. The molecule has 1 amide bonds. The third-order valence-electron chi connectivity index (χ3n) is 2.80. The number of amides is 1. The van der Waals surface area contributed by atoms with Gasteiger partial charge in [0.1, 0.15) is 5.75 Å². The zero-order valence-electron chi connectivity index (χ0n) is 11.5. The number of anilines is 1. The van der Waals surface area contributed by atoms with E-state index in [0.29, 0.717) is 11.7 Å². The van der Waals surface area contributed by atoms with Crippen LogP contribution in [0.25, 0.3) is 10.2 Å². The Kier molecular flexibility index (Phi) is 3.87. The zero-order chi connectivity index (χ0) is 14.7. The van der Waals surface area contributed by atoms with E-state index in [1.54, 1.807) is 12.1 Å². The van der Waals surface area contributed by atoms with E-state index in [0.717, 1.165) is 22.4 Å². The van der Waals surface area contributed by atoms with Crippen LogP contribution in [0.2, 0.25) is 0 Å². The number of furan rings is 1. The number of thiazole rings is 1. The number of nitrogens with one attached hydrogen (secondary N) is 1. The topological polar surface area (TPSA) is 64.4 Å². The van der Waals surface area contributed by atoms with E-state index < -0.39 is 0 Å². The highest BCUT2D eigenvalue weighted by molar-refractivity contribution is 7.22. The number of carbonyl (C=O) groups excluding carboxylic acids is 1. The molecular formula is C15H14N2O3S. The first-order valence-electron chi connectivity index (χ1n) is 6.64. The van der Waals surface area contributed by atoms with Gasteiger partial charge in [-0.2, -0.15) is 0 Å². The maximum Gasteiger partial charge on any atom is 0.293 e. The van der Waals surface area contributed by atoms with Crippen LogP contribution < -0.4 is 10.1 Å². The summed E-state index contributed by atoms with van der Waals surface area (Å²) in [5, 5.41) is 3.27. The highest BCUT2D eigenvalue weighted by Crippen LogP contribution is 2.29. The molecule has 0 bridgehead atoms. The van der Waals surface area contributed by atoms with Crippen LogP contribution in [0.15, 0.2) is 41.0 Å². The van der Waals surface area contributed by atoms with Crippen molar-refractivity contribution in [2.24, 2.45) is 0 Å². The number of carbonyl (C=O) groups is 1. The van der Waals surface area contributed by atoms with E-state index in [1.807, 2.05) is 18.2 Å². The summed E-state index contributed by atoms with van der Waals surface area (Å²) in [5.74, 6) is 0.777. The highest BCUT2D eigenvalue weighted by Gasteiger charge is 2.12. The molecule has 0 saturated heterocycles. The van der Waals surface area contributed by atoms with E-state index >= 15 is 0 Å². The average molecular weight is 302 g/mol. The summed E-state index contributed by atoms with van der Waals surface area (Å²) in [7, 11) is 0. The quantitative estimate of drug-likeness (QED) is 0.775. The number of benzene rings is 1. The number of hydrogen-bond acceptors (Lipinski definition) is 5. The molecule has 108 valence electrons. The Morgan fingerprint density at radius 1 is 1.43 bits per heavy atom. The van der Waals surface area contributed by atoms with Gasteiger partial charge in [0, 0.05) is 0 Å². The van der Waals surface area contributed by atoms with Gasteiger partial charge in [-0.15, -0.1) is 0 Å². The van der Waals surface area contributed by atoms with E-state index in [-0.39, 0.29) is 11.7 Å². The Labute approximate surface area is 125 Å². The van der Waals surface area contributed by atoms with Crippen LogP contribution in [0.3, 0.4) is 0 Å². The van der Waals surface area contributed by atoms with Crippen LogP contribution in [-0.2, 0) is 0 Å². The first kappa shape index (κ1) is 13.6. The van der Waals surface area contributed by atoms with Crippen LogP contribution >= 0.6 is 11.3 Å². The number of fused-ring (bicyclic) bond motifs is 1. The third kappa shape index (κ3) is 3.05. The molecule has 2 heterocycles. The average Bonchev–Trinajstić information content (AvgIpc) is 3.13. The molecule has 21 heavy (non-hydrogen) atoms. The van der Waals surface area contributed by atoms with E-state index in [9.17, 15) is 4.79 Å². The van der Waals surface area contributed by atoms with Crippen molar-refractivity contribution in [3.8, 4) is 5.75 Å². The molecule has 3 aromatic rings. The molecular weight excluding hydrogens is 288 g/mol. The van der Waals surface area contributed by atoms with Crippen LogP contribution in [-0.4, -0.2) is 17.5 Å². The maximum absolute atomic E-state index is 11.9. The molecule has 0 fully saturated rings. The standard InChI is InChI=1S/C15H14N2O3S/c1-2-7-19-10-5-6-11-13(9-10)21-15(16-11)17-14(18)12-4-3-8-20-12/h3-6,8-9H,2,7H2,1H3,(H,16,17,18). The number of nitrogens with zero attached hydrogens (tertiary/aromatic N) is 1. The minimum atomic E-state index is -0.304. The van der Waals surface area contributed by atoms with Gasteiger partial charge in [0.2, 0.25) is 0 Å². The SMILES string of the molecule is CCCOc1ccc2nc(NC(=O)c3ccco3)sc2c1. The molecule has 0 aliphatic carbocycles. The molecule has 0 unspecified atom stereocenters. The summed E-state index contributed by atoms with van der Waals surface area (Å²) in [4.78, 5) is 16.3. The Morgan fingerprint density at radius 2 is 2.33 bits per heavy atom. The molecule has 2 aromatic heterocycles. The molecule has 1 aromatic carbocycles. The van der Waals surface area contributed by atoms with Crippen molar-refractivity contribution in [3.05, 3.63) is 42.4 Å². The van der Waals surface area contributed by atoms with Crippen LogP contribution in [0.1, 0.15) is 23.9 Å². The van der Waals surface area contributed by atoms with Gasteiger partial charge in [-0.1, -0.05) is 18.3 Å². The number of ether oxygens (including phenoxy) is 1. The highest BCUT2D eigenvalue weighted by atomic mass is 32.1. The van der Waals surface area contributed by atoms with E-state index in [4.69, 9.17) is 9.15 Å². The van der Waals surface area contributed by atoms with Crippen LogP contribution in [0.5, 0.6) is 5.75 Å². The largest absolute Gasteiger partial charge is 0.494 e. The zero-order valence-corrected chi connectivity index (χ0v) is 12.3. The molecule has 6 heteroatoms.